The van der Waals surface area contributed by atoms with E-state index >= 15 is 0 Å². The average Bonchev–Trinajstić information content (AvgIpc) is 2.27. The largest absolute Gasteiger partial charge is 0.485 e. The van der Waals surface area contributed by atoms with E-state index in [4.69, 9.17) is 9.84 Å². The van der Waals surface area contributed by atoms with Crippen LogP contribution in [0.2, 0.25) is 0 Å². The number of ether oxygens (including phenoxy) is 1. The predicted octanol–water partition coefficient (Wildman–Crippen LogP) is 2.42. The predicted molar refractivity (Wildman–Crippen MR) is 68.1 cm³/mol. The fourth-order valence-electron chi connectivity index (χ4n) is 2.04. The maximum atomic E-state index is 9.03. The molecule has 1 heterocycles. The second-order valence-electron chi connectivity index (χ2n) is 4.11. The number of hydrogen-bond donors (Lipinski definition) is 1. The Balaban J connectivity index is 2.36. The molecule has 0 spiro atoms. The van der Waals surface area contributed by atoms with Gasteiger partial charge in [0.15, 0.2) is 5.75 Å². The smallest absolute Gasteiger partial charge is 0.157 e. The second kappa shape index (κ2) is 4.63. The molecule has 0 saturated carbocycles. The van der Waals surface area contributed by atoms with E-state index < -0.39 is 0 Å². The molecule has 1 aromatic rings. The van der Waals surface area contributed by atoms with E-state index in [-0.39, 0.29) is 18.8 Å². The van der Waals surface area contributed by atoms with Crippen molar-refractivity contribution in [1.82, 2.24) is 0 Å². The molecule has 0 amide bonds. The van der Waals surface area contributed by atoms with Crippen LogP contribution in [0.4, 0.5) is 5.69 Å². The lowest BCUT2D eigenvalue weighted by atomic mass is 10.0. The van der Waals surface area contributed by atoms with Crippen LogP contribution in [-0.2, 0) is 0 Å². The standard InChI is InChI=1S/C12H16BrNO2/c1-8-11(6-7-15)16-12-9(13)4-3-5-10(12)14(8)2/h3-5,8,11,15H,6-7H2,1-2H3. The summed E-state index contributed by atoms with van der Waals surface area (Å²) in [5, 5.41) is 9.03. The van der Waals surface area contributed by atoms with Crippen molar-refractivity contribution in [1.29, 1.82) is 0 Å². The highest BCUT2D eigenvalue weighted by molar-refractivity contribution is 9.10. The Morgan fingerprint density at radius 2 is 2.25 bits per heavy atom. The van der Waals surface area contributed by atoms with Crippen molar-refractivity contribution in [2.75, 3.05) is 18.6 Å². The number of anilines is 1. The molecule has 4 heteroatoms. The van der Waals surface area contributed by atoms with Crippen LogP contribution in [-0.4, -0.2) is 30.9 Å². The molecule has 1 N–H and O–H groups in total. The SMILES string of the molecule is CC1C(CCO)Oc2c(Br)cccc2N1C. The number of aliphatic hydroxyl groups excluding tert-OH is 1. The van der Waals surface area contributed by atoms with Gasteiger partial charge in [0.05, 0.1) is 16.2 Å². The number of aliphatic hydroxyl groups is 1. The van der Waals surface area contributed by atoms with Gasteiger partial charge in [-0.25, -0.2) is 0 Å². The first-order valence-corrected chi connectivity index (χ1v) is 6.23. The highest BCUT2D eigenvalue weighted by Crippen LogP contribution is 2.41. The van der Waals surface area contributed by atoms with Gasteiger partial charge >= 0.3 is 0 Å². The Labute approximate surface area is 104 Å². The van der Waals surface area contributed by atoms with E-state index in [9.17, 15) is 0 Å². The Bertz CT molecular complexity index is 383. The lowest BCUT2D eigenvalue weighted by Gasteiger charge is -2.40. The van der Waals surface area contributed by atoms with Crippen molar-refractivity contribution in [3.05, 3.63) is 22.7 Å². The normalized spacial score (nSPS) is 23.9. The first-order chi connectivity index (χ1) is 7.65. The summed E-state index contributed by atoms with van der Waals surface area (Å²) < 4.78 is 6.90. The quantitative estimate of drug-likeness (QED) is 0.906. The highest BCUT2D eigenvalue weighted by atomic mass is 79.9. The van der Waals surface area contributed by atoms with Crippen LogP contribution in [0.1, 0.15) is 13.3 Å². The molecule has 88 valence electrons. The summed E-state index contributed by atoms with van der Waals surface area (Å²) in [6.07, 6.45) is 0.702. The summed E-state index contributed by atoms with van der Waals surface area (Å²) in [5.41, 5.74) is 1.09. The Hall–Kier alpha value is -0.740. The molecule has 2 atom stereocenters. The van der Waals surface area contributed by atoms with Gasteiger partial charge in [-0.3, -0.25) is 0 Å². The van der Waals surface area contributed by atoms with Crippen molar-refractivity contribution >= 4 is 21.6 Å². The monoisotopic (exact) mass is 285 g/mol. The Morgan fingerprint density at radius 1 is 1.50 bits per heavy atom. The molecule has 0 fully saturated rings. The maximum Gasteiger partial charge on any atom is 0.157 e. The molecule has 16 heavy (non-hydrogen) atoms. The van der Waals surface area contributed by atoms with Crippen LogP contribution in [0.25, 0.3) is 0 Å². The van der Waals surface area contributed by atoms with Crippen molar-refractivity contribution in [3.63, 3.8) is 0 Å². The summed E-state index contributed by atoms with van der Waals surface area (Å²) in [6.45, 7) is 2.27. The number of likely N-dealkylation sites (N-methyl/N-ethyl adjacent to an activating group) is 1. The molecular formula is C12H16BrNO2. The molecular weight excluding hydrogens is 270 g/mol. The molecule has 0 aromatic heterocycles. The van der Waals surface area contributed by atoms with Crippen LogP contribution in [0, 0.1) is 0 Å². The number of para-hydroxylation sites is 1. The maximum absolute atomic E-state index is 9.03. The zero-order valence-electron chi connectivity index (χ0n) is 9.48. The molecule has 3 nitrogen and oxygen atoms in total. The van der Waals surface area contributed by atoms with Crippen LogP contribution in [0.15, 0.2) is 22.7 Å². The first-order valence-electron chi connectivity index (χ1n) is 5.44. The summed E-state index contributed by atoms with van der Waals surface area (Å²) in [6, 6.07) is 6.29. The number of rotatable bonds is 2. The van der Waals surface area contributed by atoms with E-state index in [0.717, 1.165) is 15.9 Å². The molecule has 2 unspecified atom stereocenters. The number of hydrogen-bond acceptors (Lipinski definition) is 3. The number of nitrogens with zero attached hydrogens (tertiary/aromatic N) is 1. The minimum absolute atomic E-state index is 0.0428. The number of halogens is 1. The van der Waals surface area contributed by atoms with Gasteiger partial charge < -0.3 is 14.7 Å². The fraction of sp³-hybridized carbons (Fsp3) is 0.500. The minimum Gasteiger partial charge on any atom is -0.485 e. The fourth-order valence-corrected chi connectivity index (χ4v) is 2.49. The molecule has 2 rings (SSSR count). The highest BCUT2D eigenvalue weighted by Gasteiger charge is 2.31. The van der Waals surface area contributed by atoms with Crippen LogP contribution < -0.4 is 9.64 Å². The molecule has 0 bridgehead atoms. The molecule has 0 saturated heterocycles. The van der Waals surface area contributed by atoms with Gasteiger partial charge in [-0.2, -0.15) is 0 Å². The van der Waals surface area contributed by atoms with Gasteiger partial charge in [-0.05, 0) is 35.0 Å². The van der Waals surface area contributed by atoms with E-state index in [1.54, 1.807) is 0 Å². The van der Waals surface area contributed by atoms with Gasteiger partial charge in [0.1, 0.15) is 6.10 Å². The number of fused-ring (bicyclic) bond motifs is 1. The first kappa shape index (κ1) is 11.7. The van der Waals surface area contributed by atoms with Crippen molar-refractivity contribution in [2.24, 2.45) is 0 Å². The zero-order valence-corrected chi connectivity index (χ0v) is 11.1. The van der Waals surface area contributed by atoms with E-state index in [1.807, 2.05) is 18.2 Å². The molecule has 1 aliphatic rings. The van der Waals surface area contributed by atoms with E-state index in [2.05, 4.69) is 34.8 Å². The second-order valence-corrected chi connectivity index (χ2v) is 4.96. The third-order valence-corrected chi connectivity index (χ3v) is 3.78. The summed E-state index contributed by atoms with van der Waals surface area (Å²) >= 11 is 3.49. The van der Waals surface area contributed by atoms with Gasteiger partial charge in [0.25, 0.3) is 0 Å². The molecule has 1 aromatic carbocycles. The van der Waals surface area contributed by atoms with Crippen LogP contribution in [0.3, 0.4) is 0 Å². The lowest BCUT2D eigenvalue weighted by molar-refractivity contribution is 0.123. The minimum atomic E-state index is 0.0428. The third kappa shape index (κ3) is 1.92. The average molecular weight is 286 g/mol. The summed E-state index contributed by atoms with van der Waals surface area (Å²) in [7, 11) is 2.06. The third-order valence-electron chi connectivity index (χ3n) is 3.16. The topological polar surface area (TPSA) is 32.7 Å². The molecule has 0 radical (unpaired) electrons. The van der Waals surface area contributed by atoms with Crippen molar-refractivity contribution in [3.8, 4) is 5.75 Å². The van der Waals surface area contributed by atoms with Gasteiger partial charge in [-0.15, -0.1) is 0 Å². The van der Waals surface area contributed by atoms with Crippen LogP contribution in [0.5, 0.6) is 5.75 Å². The van der Waals surface area contributed by atoms with E-state index in [1.165, 1.54) is 0 Å². The zero-order chi connectivity index (χ0) is 11.7. The number of benzene rings is 1. The van der Waals surface area contributed by atoms with Crippen LogP contribution >= 0.6 is 15.9 Å². The Morgan fingerprint density at radius 3 is 2.94 bits per heavy atom. The summed E-state index contributed by atoms with van der Waals surface area (Å²) in [5.74, 6) is 0.876. The van der Waals surface area contributed by atoms with Gasteiger partial charge in [-0.1, -0.05) is 6.07 Å². The molecule has 1 aliphatic heterocycles. The molecule has 0 aliphatic carbocycles. The lowest BCUT2D eigenvalue weighted by Crippen LogP contribution is -2.46. The van der Waals surface area contributed by atoms with Gasteiger partial charge in [0.2, 0.25) is 0 Å². The Kier molecular flexibility index (Phi) is 3.40. The summed E-state index contributed by atoms with van der Waals surface area (Å²) in [4.78, 5) is 2.20. The van der Waals surface area contributed by atoms with E-state index in [0.29, 0.717) is 6.42 Å². The van der Waals surface area contributed by atoms with Gasteiger partial charge in [0, 0.05) is 20.1 Å². The van der Waals surface area contributed by atoms with Crippen molar-refractivity contribution in [2.45, 2.75) is 25.5 Å². The van der Waals surface area contributed by atoms with Crippen molar-refractivity contribution < 1.29 is 9.84 Å².